The van der Waals surface area contributed by atoms with E-state index in [0.717, 1.165) is 46.2 Å². The Morgan fingerprint density at radius 3 is 2.71 bits per heavy atom. The topological polar surface area (TPSA) is 68.8 Å². The maximum Gasteiger partial charge on any atom is 0.160 e. The number of fused-ring (bicyclic) bond motifs is 2. The zero-order valence-electron chi connectivity index (χ0n) is 15.2. The summed E-state index contributed by atoms with van der Waals surface area (Å²) in [5.41, 5.74) is 11.3. The number of nitrogens with zero attached hydrogens (tertiary/aromatic N) is 3. The number of rotatable bonds is 5. The molecule has 1 aromatic carbocycles. The lowest BCUT2D eigenvalue weighted by molar-refractivity contribution is 0.606. The first-order chi connectivity index (χ1) is 11.4. The first-order valence-electron chi connectivity index (χ1n) is 8.68. The average Bonchev–Trinajstić information content (AvgIpc) is 2.80. The zero-order valence-corrected chi connectivity index (χ0v) is 15.2. The summed E-state index contributed by atoms with van der Waals surface area (Å²) in [6, 6.07) is 6.98. The molecule has 0 aliphatic heterocycles. The highest BCUT2D eigenvalue weighted by atomic mass is 15.3. The van der Waals surface area contributed by atoms with Crippen LogP contribution in [0.3, 0.4) is 0 Å². The van der Waals surface area contributed by atoms with Crippen molar-refractivity contribution in [2.45, 2.75) is 52.6 Å². The standard InChI is InChI=1S/C19H27N5/c1-6-14-7-8-15-16(10-14)22-19-17(13(4)23-24(19)5)18(15)21-12(3)9-11(2)20/h7-8,10-12H,6,9,20H2,1-5H3,(H,21,22). The van der Waals surface area contributed by atoms with Crippen LogP contribution in [0.2, 0.25) is 0 Å². The van der Waals surface area contributed by atoms with Gasteiger partial charge in [-0.3, -0.25) is 4.68 Å². The van der Waals surface area contributed by atoms with Gasteiger partial charge in [-0.25, -0.2) is 4.98 Å². The maximum atomic E-state index is 5.98. The highest BCUT2D eigenvalue weighted by Crippen LogP contribution is 2.34. The van der Waals surface area contributed by atoms with Crippen LogP contribution in [0.15, 0.2) is 18.2 Å². The van der Waals surface area contributed by atoms with E-state index in [4.69, 9.17) is 10.7 Å². The number of aryl methyl sites for hydroxylation is 3. The molecule has 24 heavy (non-hydrogen) atoms. The Morgan fingerprint density at radius 2 is 2.04 bits per heavy atom. The van der Waals surface area contributed by atoms with Gasteiger partial charge in [0.25, 0.3) is 0 Å². The van der Waals surface area contributed by atoms with E-state index >= 15 is 0 Å². The van der Waals surface area contributed by atoms with Crippen LogP contribution in [0.4, 0.5) is 5.69 Å². The molecule has 0 aliphatic carbocycles. The van der Waals surface area contributed by atoms with E-state index in [1.54, 1.807) is 0 Å². The Hall–Kier alpha value is -2.14. The summed E-state index contributed by atoms with van der Waals surface area (Å²) in [5.74, 6) is 0. The fraction of sp³-hybridized carbons (Fsp3) is 0.474. The fourth-order valence-electron chi connectivity index (χ4n) is 3.43. The highest BCUT2D eigenvalue weighted by molar-refractivity contribution is 6.07. The van der Waals surface area contributed by atoms with E-state index in [0.29, 0.717) is 0 Å². The molecule has 2 unspecified atom stereocenters. The maximum absolute atomic E-state index is 5.98. The molecule has 5 heteroatoms. The van der Waals surface area contributed by atoms with E-state index in [1.807, 2.05) is 25.6 Å². The third kappa shape index (κ3) is 2.96. The van der Waals surface area contributed by atoms with E-state index < -0.39 is 0 Å². The third-order valence-electron chi connectivity index (χ3n) is 4.52. The minimum absolute atomic E-state index is 0.165. The summed E-state index contributed by atoms with van der Waals surface area (Å²) < 4.78 is 1.87. The summed E-state index contributed by atoms with van der Waals surface area (Å²) >= 11 is 0. The summed E-state index contributed by atoms with van der Waals surface area (Å²) in [6.45, 7) is 8.42. The van der Waals surface area contributed by atoms with Crippen LogP contribution in [-0.2, 0) is 13.5 Å². The van der Waals surface area contributed by atoms with Crippen LogP contribution >= 0.6 is 0 Å². The van der Waals surface area contributed by atoms with Crippen LogP contribution in [-0.4, -0.2) is 26.8 Å². The molecule has 2 atom stereocenters. The first-order valence-corrected chi connectivity index (χ1v) is 8.68. The molecule has 0 spiro atoms. The predicted molar refractivity (Wildman–Crippen MR) is 101 cm³/mol. The number of pyridine rings is 1. The van der Waals surface area contributed by atoms with E-state index in [2.05, 4.69) is 42.5 Å². The fourth-order valence-corrected chi connectivity index (χ4v) is 3.43. The van der Waals surface area contributed by atoms with Gasteiger partial charge in [0, 0.05) is 24.5 Å². The highest BCUT2D eigenvalue weighted by Gasteiger charge is 2.17. The second kappa shape index (κ2) is 6.40. The average molecular weight is 325 g/mol. The van der Waals surface area contributed by atoms with Gasteiger partial charge >= 0.3 is 0 Å². The summed E-state index contributed by atoms with van der Waals surface area (Å²) in [5, 5.41) is 10.5. The van der Waals surface area contributed by atoms with Crippen molar-refractivity contribution < 1.29 is 0 Å². The van der Waals surface area contributed by atoms with Crippen LogP contribution < -0.4 is 11.1 Å². The van der Waals surface area contributed by atoms with Crippen molar-refractivity contribution >= 4 is 27.6 Å². The van der Waals surface area contributed by atoms with Gasteiger partial charge in [-0.1, -0.05) is 19.1 Å². The Labute approximate surface area is 143 Å². The molecule has 2 aromatic heterocycles. The Balaban J connectivity index is 2.24. The molecule has 0 amide bonds. The third-order valence-corrected chi connectivity index (χ3v) is 4.52. The number of anilines is 1. The molecule has 0 radical (unpaired) electrons. The van der Waals surface area contributed by atoms with Crippen LogP contribution in [0.1, 0.15) is 38.4 Å². The molecule has 0 fully saturated rings. The molecule has 5 nitrogen and oxygen atoms in total. The number of nitrogens with two attached hydrogens (primary N) is 1. The van der Waals surface area contributed by atoms with E-state index in [9.17, 15) is 0 Å². The van der Waals surface area contributed by atoms with Gasteiger partial charge in [0.15, 0.2) is 5.65 Å². The van der Waals surface area contributed by atoms with Crippen molar-refractivity contribution in [2.24, 2.45) is 12.8 Å². The summed E-state index contributed by atoms with van der Waals surface area (Å²) in [7, 11) is 1.95. The molecule has 3 N–H and O–H groups in total. The molecule has 3 rings (SSSR count). The second-order valence-electron chi connectivity index (χ2n) is 6.86. The van der Waals surface area contributed by atoms with Gasteiger partial charge in [0.2, 0.25) is 0 Å². The second-order valence-corrected chi connectivity index (χ2v) is 6.86. The van der Waals surface area contributed by atoms with Gasteiger partial charge in [-0.05, 0) is 45.2 Å². The molecule has 0 saturated heterocycles. The SMILES string of the molecule is CCc1ccc2c(NC(C)CC(C)N)c3c(C)nn(C)c3nc2c1. The van der Waals surface area contributed by atoms with Crippen LogP contribution in [0.25, 0.3) is 21.9 Å². The number of aromatic nitrogens is 3. The smallest absolute Gasteiger partial charge is 0.160 e. The molecule has 0 bridgehead atoms. The predicted octanol–water partition coefficient (Wildman–Crippen LogP) is 3.53. The van der Waals surface area contributed by atoms with Crippen molar-refractivity contribution in [1.82, 2.24) is 14.8 Å². The van der Waals surface area contributed by atoms with Gasteiger partial charge in [-0.15, -0.1) is 0 Å². The van der Waals surface area contributed by atoms with Gasteiger partial charge in [0.05, 0.1) is 22.3 Å². The van der Waals surface area contributed by atoms with Crippen molar-refractivity contribution in [3.63, 3.8) is 0 Å². The van der Waals surface area contributed by atoms with Crippen molar-refractivity contribution in [3.8, 4) is 0 Å². The zero-order chi connectivity index (χ0) is 17.4. The normalized spacial score (nSPS) is 14.2. The monoisotopic (exact) mass is 325 g/mol. The number of hydrogen-bond donors (Lipinski definition) is 2. The first kappa shape index (κ1) is 16.7. The van der Waals surface area contributed by atoms with Crippen molar-refractivity contribution in [2.75, 3.05) is 5.32 Å². The minimum Gasteiger partial charge on any atom is -0.381 e. The molecule has 0 aliphatic rings. The van der Waals surface area contributed by atoms with Crippen LogP contribution in [0.5, 0.6) is 0 Å². The number of hydrogen-bond acceptors (Lipinski definition) is 4. The molecule has 3 aromatic rings. The lowest BCUT2D eigenvalue weighted by Gasteiger charge is -2.20. The van der Waals surface area contributed by atoms with E-state index in [-0.39, 0.29) is 12.1 Å². The Bertz CT molecular complexity index is 878. The number of benzene rings is 1. The Morgan fingerprint density at radius 1 is 1.29 bits per heavy atom. The lowest BCUT2D eigenvalue weighted by Crippen LogP contribution is -2.26. The number of nitrogens with one attached hydrogen (secondary N) is 1. The lowest BCUT2D eigenvalue weighted by atomic mass is 10.0. The van der Waals surface area contributed by atoms with E-state index in [1.165, 1.54) is 5.56 Å². The van der Waals surface area contributed by atoms with Crippen LogP contribution in [0, 0.1) is 6.92 Å². The quantitative estimate of drug-likeness (QED) is 0.753. The molecule has 0 saturated carbocycles. The van der Waals surface area contributed by atoms with Gasteiger partial charge in [-0.2, -0.15) is 5.10 Å². The summed E-state index contributed by atoms with van der Waals surface area (Å²) in [6.07, 6.45) is 1.92. The van der Waals surface area contributed by atoms with Gasteiger partial charge < -0.3 is 11.1 Å². The Kier molecular flexibility index (Phi) is 4.45. The molecule has 128 valence electrons. The summed E-state index contributed by atoms with van der Waals surface area (Å²) in [4.78, 5) is 4.87. The molecular formula is C19H27N5. The largest absolute Gasteiger partial charge is 0.381 e. The molecular weight excluding hydrogens is 298 g/mol. The van der Waals surface area contributed by atoms with Crippen molar-refractivity contribution in [3.05, 3.63) is 29.5 Å². The van der Waals surface area contributed by atoms with Gasteiger partial charge in [0.1, 0.15) is 0 Å². The minimum atomic E-state index is 0.165. The van der Waals surface area contributed by atoms with Crippen molar-refractivity contribution in [1.29, 1.82) is 0 Å². The molecule has 2 heterocycles.